The van der Waals surface area contributed by atoms with E-state index in [2.05, 4.69) is 17.0 Å². The molecule has 1 aromatic heterocycles. The molecular formula is C22H23N3O3. The molecule has 6 nitrogen and oxygen atoms in total. The minimum absolute atomic E-state index is 0.0640. The molecule has 1 fully saturated rings. The van der Waals surface area contributed by atoms with E-state index in [1.165, 1.54) is 0 Å². The van der Waals surface area contributed by atoms with E-state index in [1.807, 2.05) is 65.6 Å². The van der Waals surface area contributed by atoms with Crippen LogP contribution in [0, 0.1) is 0 Å². The minimum atomic E-state index is 0.0640. The van der Waals surface area contributed by atoms with Crippen LogP contribution in [-0.2, 0) is 11.3 Å². The van der Waals surface area contributed by atoms with Gasteiger partial charge in [0.1, 0.15) is 11.4 Å². The number of piperazine rings is 1. The highest BCUT2D eigenvalue weighted by atomic mass is 16.5. The average molecular weight is 377 g/mol. The zero-order valence-corrected chi connectivity index (χ0v) is 16.0. The van der Waals surface area contributed by atoms with E-state index in [1.54, 1.807) is 7.11 Å². The molecule has 1 amide bonds. The molecule has 1 saturated heterocycles. The maximum atomic E-state index is 12.8. The fourth-order valence-corrected chi connectivity index (χ4v) is 3.47. The second-order valence-electron chi connectivity index (χ2n) is 7.00. The molecule has 4 rings (SSSR count). The van der Waals surface area contributed by atoms with E-state index >= 15 is 0 Å². The third kappa shape index (κ3) is 3.77. The molecule has 2 aromatic carbocycles. The lowest BCUT2D eigenvalue weighted by Crippen LogP contribution is -2.54. The molecule has 3 aromatic rings. The van der Waals surface area contributed by atoms with Gasteiger partial charge in [-0.3, -0.25) is 9.69 Å². The predicted octanol–water partition coefficient (Wildman–Crippen LogP) is 3.59. The lowest BCUT2D eigenvalue weighted by Gasteiger charge is -2.38. The standard InChI is InChI=1S/C22H23N3O3/c1-16-13-25(18-9-6-10-19(11-18)27-2)22(26)15-24(16)14-20-12-21(23-28-20)17-7-4-3-5-8-17/h3-12,16H,13-15H2,1-2H3/t16-/m1/s1. The third-order valence-electron chi connectivity index (χ3n) is 5.06. The molecular weight excluding hydrogens is 354 g/mol. The van der Waals surface area contributed by atoms with Crippen LogP contribution in [0.4, 0.5) is 5.69 Å². The summed E-state index contributed by atoms with van der Waals surface area (Å²) in [5.41, 5.74) is 2.69. The lowest BCUT2D eigenvalue weighted by atomic mass is 10.1. The Morgan fingerprint density at radius 3 is 2.75 bits per heavy atom. The highest BCUT2D eigenvalue weighted by molar-refractivity contribution is 5.95. The Morgan fingerprint density at radius 2 is 1.96 bits per heavy atom. The Bertz CT molecular complexity index is 954. The summed E-state index contributed by atoms with van der Waals surface area (Å²) in [5, 5.41) is 4.17. The first kappa shape index (κ1) is 18.3. The number of ether oxygens (including phenoxy) is 1. The van der Waals surface area contributed by atoms with Gasteiger partial charge in [0.2, 0.25) is 5.91 Å². The van der Waals surface area contributed by atoms with Crippen molar-refractivity contribution in [2.75, 3.05) is 25.1 Å². The maximum Gasteiger partial charge on any atom is 0.241 e. The number of carbonyl (C=O) groups is 1. The van der Waals surface area contributed by atoms with Crippen molar-refractivity contribution >= 4 is 11.6 Å². The molecule has 1 atom stereocenters. The van der Waals surface area contributed by atoms with Gasteiger partial charge < -0.3 is 14.2 Å². The van der Waals surface area contributed by atoms with Gasteiger partial charge in [0.15, 0.2) is 5.76 Å². The lowest BCUT2D eigenvalue weighted by molar-refractivity contribution is -0.122. The van der Waals surface area contributed by atoms with Crippen LogP contribution in [0.3, 0.4) is 0 Å². The Morgan fingerprint density at radius 1 is 1.14 bits per heavy atom. The van der Waals surface area contributed by atoms with Crippen LogP contribution in [0.25, 0.3) is 11.3 Å². The van der Waals surface area contributed by atoms with E-state index < -0.39 is 0 Å². The summed E-state index contributed by atoms with van der Waals surface area (Å²) in [7, 11) is 1.63. The number of carbonyl (C=O) groups excluding carboxylic acids is 1. The Hall–Kier alpha value is -3.12. The van der Waals surface area contributed by atoms with Gasteiger partial charge >= 0.3 is 0 Å². The number of aromatic nitrogens is 1. The number of benzene rings is 2. The van der Waals surface area contributed by atoms with Crippen LogP contribution in [0.1, 0.15) is 12.7 Å². The van der Waals surface area contributed by atoms with Crippen LogP contribution in [0.2, 0.25) is 0 Å². The van der Waals surface area contributed by atoms with E-state index in [9.17, 15) is 4.79 Å². The second kappa shape index (κ2) is 7.86. The Balaban J connectivity index is 1.45. The quantitative estimate of drug-likeness (QED) is 0.680. The Labute approximate surface area is 164 Å². The van der Waals surface area contributed by atoms with Crippen LogP contribution >= 0.6 is 0 Å². The maximum absolute atomic E-state index is 12.8. The molecule has 0 saturated carbocycles. The van der Waals surface area contributed by atoms with E-state index in [0.717, 1.165) is 28.5 Å². The van der Waals surface area contributed by atoms with Crippen molar-refractivity contribution in [1.82, 2.24) is 10.1 Å². The van der Waals surface area contributed by atoms with Crippen molar-refractivity contribution in [3.05, 3.63) is 66.4 Å². The smallest absolute Gasteiger partial charge is 0.241 e. The summed E-state index contributed by atoms with van der Waals surface area (Å²) in [5.74, 6) is 1.57. The van der Waals surface area contributed by atoms with Crippen molar-refractivity contribution in [3.63, 3.8) is 0 Å². The summed E-state index contributed by atoms with van der Waals surface area (Å²) in [4.78, 5) is 16.7. The van der Waals surface area contributed by atoms with Crippen LogP contribution in [0.5, 0.6) is 5.75 Å². The number of hydrogen-bond acceptors (Lipinski definition) is 5. The van der Waals surface area contributed by atoms with Crippen molar-refractivity contribution in [1.29, 1.82) is 0 Å². The predicted molar refractivity (Wildman–Crippen MR) is 107 cm³/mol. The number of anilines is 1. The first-order valence-corrected chi connectivity index (χ1v) is 9.33. The summed E-state index contributed by atoms with van der Waals surface area (Å²) in [6, 6.07) is 19.7. The number of rotatable bonds is 5. The van der Waals surface area contributed by atoms with Gasteiger partial charge in [-0.25, -0.2) is 0 Å². The van der Waals surface area contributed by atoms with Gasteiger partial charge in [-0.05, 0) is 19.1 Å². The van der Waals surface area contributed by atoms with Gasteiger partial charge in [-0.1, -0.05) is 41.6 Å². The van der Waals surface area contributed by atoms with Crippen molar-refractivity contribution in [2.45, 2.75) is 19.5 Å². The normalized spacial score (nSPS) is 17.7. The molecule has 0 N–H and O–H groups in total. The molecule has 144 valence electrons. The molecule has 0 aliphatic carbocycles. The van der Waals surface area contributed by atoms with Crippen LogP contribution in [-0.4, -0.2) is 42.2 Å². The first-order chi connectivity index (χ1) is 13.6. The molecule has 1 aliphatic heterocycles. The van der Waals surface area contributed by atoms with Gasteiger partial charge in [-0.15, -0.1) is 0 Å². The molecule has 0 spiro atoms. The van der Waals surface area contributed by atoms with Gasteiger partial charge in [-0.2, -0.15) is 0 Å². The SMILES string of the molecule is COc1cccc(N2C[C@@H](C)N(Cc3cc(-c4ccccc4)no3)CC2=O)c1. The first-order valence-electron chi connectivity index (χ1n) is 9.33. The minimum Gasteiger partial charge on any atom is -0.497 e. The number of methoxy groups -OCH3 is 1. The zero-order chi connectivity index (χ0) is 19.5. The monoisotopic (exact) mass is 377 g/mol. The molecule has 1 aliphatic rings. The molecule has 0 unspecified atom stereocenters. The highest BCUT2D eigenvalue weighted by Gasteiger charge is 2.31. The van der Waals surface area contributed by atoms with Crippen LogP contribution in [0.15, 0.2) is 65.2 Å². The van der Waals surface area contributed by atoms with Crippen LogP contribution < -0.4 is 9.64 Å². The fourth-order valence-electron chi connectivity index (χ4n) is 3.47. The van der Waals surface area contributed by atoms with Gasteiger partial charge in [0.25, 0.3) is 0 Å². The number of hydrogen-bond donors (Lipinski definition) is 0. The van der Waals surface area contributed by atoms with Gasteiger partial charge in [0, 0.05) is 36.0 Å². The molecule has 0 bridgehead atoms. The summed E-state index contributed by atoms with van der Waals surface area (Å²) >= 11 is 0. The summed E-state index contributed by atoms with van der Waals surface area (Å²) in [6.07, 6.45) is 0. The van der Waals surface area contributed by atoms with Gasteiger partial charge in [0.05, 0.1) is 20.2 Å². The van der Waals surface area contributed by atoms with E-state index in [0.29, 0.717) is 19.6 Å². The molecule has 6 heteroatoms. The molecule has 28 heavy (non-hydrogen) atoms. The number of nitrogens with zero attached hydrogens (tertiary/aromatic N) is 3. The number of amides is 1. The largest absolute Gasteiger partial charge is 0.497 e. The van der Waals surface area contributed by atoms with Crippen molar-refractivity contribution in [3.8, 4) is 17.0 Å². The summed E-state index contributed by atoms with van der Waals surface area (Å²) in [6.45, 7) is 3.62. The van der Waals surface area contributed by atoms with E-state index in [4.69, 9.17) is 9.26 Å². The van der Waals surface area contributed by atoms with E-state index in [-0.39, 0.29) is 11.9 Å². The van der Waals surface area contributed by atoms with Crippen molar-refractivity contribution in [2.24, 2.45) is 0 Å². The average Bonchev–Trinajstić information content (AvgIpc) is 3.20. The highest BCUT2D eigenvalue weighted by Crippen LogP contribution is 2.26. The second-order valence-corrected chi connectivity index (χ2v) is 7.00. The third-order valence-corrected chi connectivity index (χ3v) is 5.06. The topological polar surface area (TPSA) is 58.8 Å². The zero-order valence-electron chi connectivity index (χ0n) is 16.0. The van der Waals surface area contributed by atoms with Crippen molar-refractivity contribution < 1.29 is 14.1 Å². The molecule has 0 radical (unpaired) electrons. The Kier molecular flexibility index (Phi) is 5.12. The summed E-state index contributed by atoms with van der Waals surface area (Å²) < 4.78 is 10.8. The fraction of sp³-hybridized carbons (Fsp3) is 0.273. The molecule has 2 heterocycles.